The second-order valence-electron chi connectivity index (χ2n) is 2.84. The fraction of sp³-hybridized carbons (Fsp3) is 0.857. The molecule has 0 aromatic carbocycles. The van der Waals surface area contributed by atoms with Crippen molar-refractivity contribution in [2.45, 2.75) is 37.8 Å². The third-order valence-electron chi connectivity index (χ3n) is 2.17. The number of hydrogen-bond acceptors (Lipinski definition) is 3. The fourth-order valence-electron chi connectivity index (χ4n) is 1.37. The predicted octanol–water partition coefficient (Wildman–Crippen LogP) is 0.626. The van der Waals surface area contributed by atoms with Crippen molar-refractivity contribution in [1.29, 1.82) is 0 Å². The van der Waals surface area contributed by atoms with Gasteiger partial charge in [-0.3, -0.25) is 0 Å². The Kier molecular flexibility index (Phi) is 1.88. The van der Waals surface area contributed by atoms with Crippen LogP contribution in [0.1, 0.15) is 26.2 Å². The van der Waals surface area contributed by atoms with Crippen LogP contribution in [0.2, 0.25) is 0 Å². The smallest absolute Gasteiger partial charge is 0.235 e. The van der Waals surface area contributed by atoms with E-state index in [1.165, 1.54) is 0 Å². The summed E-state index contributed by atoms with van der Waals surface area (Å²) in [6.45, 7) is 1.96. The van der Waals surface area contributed by atoms with Crippen LogP contribution >= 0.6 is 0 Å². The average molecular weight is 141 g/mol. The molecule has 0 radical (unpaired) electrons. The van der Waals surface area contributed by atoms with Crippen LogP contribution < -0.4 is 0 Å². The molecule has 0 bridgehead atoms. The quantitative estimate of drug-likeness (QED) is 0.453. The van der Waals surface area contributed by atoms with Gasteiger partial charge in [-0.05, 0) is 19.3 Å². The Bertz CT molecular complexity index is 166. The van der Waals surface area contributed by atoms with Gasteiger partial charge in [-0.2, -0.15) is 4.99 Å². The van der Waals surface area contributed by atoms with Crippen molar-refractivity contribution in [2.75, 3.05) is 0 Å². The highest BCUT2D eigenvalue weighted by atomic mass is 16.3. The Balaban J connectivity index is 2.56. The highest BCUT2D eigenvalue weighted by Gasteiger charge is 2.42. The van der Waals surface area contributed by atoms with Crippen molar-refractivity contribution in [2.24, 2.45) is 4.99 Å². The first-order chi connectivity index (χ1) is 4.72. The van der Waals surface area contributed by atoms with Gasteiger partial charge in [0.25, 0.3) is 0 Å². The summed E-state index contributed by atoms with van der Waals surface area (Å²) in [5.41, 5.74) is -0.263. The first-order valence-corrected chi connectivity index (χ1v) is 3.49. The minimum absolute atomic E-state index is 0.253. The summed E-state index contributed by atoms with van der Waals surface area (Å²) in [5.74, 6) is 0. The van der Waals surface area contributed by atoms with E-state index in [4.69, 9.17) is 5.11 Å². The molecule has 1 saturated carbocycles. The third kappa shape index (κ3) is 1.11. The first kappa shape index (κ1) is 7.45. The summed E-state index contributed by atoms with van der Waals surface area (Å²) in [6.07, 6.45) is 3.36. The second kappa shape index (κ2) is 2.52. The molecule has 0 atom stereocenters. The van der Waals surface area contributed by atoms with Crippen LogP contribution in [0.5, 0.6) is 0 Å². The zero-order valence-corrected chi connectivity index (χ0v) is 6.00. The predicted molar refractivity (Wildman–Crippen MR) is 36.4 cm³/mol. The molecule has 10 heavy (non-hydrogen) atoms. The molecule has 56 valence electrons. The van der Waals surface area contributed by atoms with Gasteiger partial charge in [-0.1, -0.05) is 6.92 Å². The molecule has 1 rings (SSSR count). The van der Waals surface area contributed by atoms with Gasteiger partial charge >= 0.3 is 0 Å². The molecule has 1 fully saturated rings. The van der Waals surface area contributed by atoms with Crippen LogP contribution in [-0.4, -0.2) is 22.8 Å². The zero-order valence-electron chi connectivity index (χ0n) is 6.00. The summed E-state index contributed by atoms with van der Waals surface area (Å²) < 4.78 is 0. The summed E-state index contributed by atoms with van der Waals surface area (Å²) >= 11 is 0. The van der Waals surface area contributed by atoms with Gasteiger partial charge in [0.05, 0.1) is 11.6 Å². The molecule has 0 unspecified atom stereocenters. The molecule has 1 N–H and O–H groups in total. The zero-order chi connectivity index (χ0) is 7.61. The summed E-state index contributed by atoms with van der Waals surface area (Å²) in [5, 5.41) is 8.95. The number of isocyanates is 1. The molecule has 0 amide bonds. The summed E-state index contributed by atoms with van der Waals surface area (Å²) in [7, 11) is 0. The molecule has 3 nitrogen and oxygen atoms in total. The van der Waals surface area contributed by atoms with E-state index >= 15 is 0 Å². The van der Waals surface area contributed by atoms with E-state index in [0.29, 0.717) is 12.8 Å². The number of hydrogen-bond donors (Lipinski definition) is 1. The van der Waals surface area contributed by atoms with Gasteiger partial charge in [0.1, 0.15) is 0 Å². The normalized spacial score (nSPS) is 38.0. The summed E-state index contributed by atoms with van der Waals surface area (Å²) in [4.78, 5) is 13.6. The molecule has 3 heteroatoms. The maximum atomic E-state index is 9.91. The van der Waals surface area contributed by atoms with Crippen LogP contribution in [0.15, 0.2) is 4.99 Å². The van der Waals surface area contributed by atoms with Crippen molar-refractivity contribution >= 4 is 6.08 Å². The van der Waals surface area contributed by atoms with Crippen LogP contribution in [0.25, 0.3) is 0 Å². The lowest BCUT2D eigenvalue weighted by atomic mass is 9.73. The third-order valence-corrected chi connectivity index (χ3v) is 2.17. The van der Waals surface area contributed by atoms with Gasteiger partial charge in [-0.15, -0.1) is 0 Å². The molecule has 0 aromatic rings. The van der Waals surface area contributed by atoms with Crippen LogP contribution in [-0.2, 0) is 4.79 Å². The highest BCUT2D eigenvalue weighted by Crippen LogP contribution is 2.38. The van der Waals surface area contributed by atoms with Crippen molar-refractivity contribution in [3.63, 3.8) is 0 Å². The summed E-state index contributed by atoms with van der Waals surface area (Å²) in [6, 6.07) is 0. The van der Waals surface area contributed by atoms with Gasteiger partial charge in [0, 0.05) is 0 Å². The van der Waals surface area contributed by atoms with Crippen molar-refractivity contribution in [3.8, 4) is 0 Å². The highest BCUT2D eigenvalue weighted by molar-refractivity contribution is 5.35. The Labute approximate surface area is 59.8 Å². The van der Waals surface area contributed by atoms with Crippen LogP contribution in [0.3, 0.4) is 0 Å². The fourth-order valence-corrected chi connectivity index (χ4v) is 1.37. The lowest BCUT2D eigenvalue weighted by Crippen LogP contribution is -2.44. The molecular formula is C7H11NO2. The van der Waals surface area contributed by atoms with Gasteiger partial charge in [0.15, 0.2) is 0 Å². The second-order valence-corrected chi connectivity index (χ2v) is 2.84. The molecule has 0 heterocycles. The molecule has 1 aliphatic rings. The lowest BCUT2D eigenvalue weighted by molar-refractivity contribution is 0.0225. The number of aliphatic hydroxyl groups is 1. The minimum atomic E-state index is -0.263. The Hall–Kier alpha value is -0.660. The van der Waals surface area contributed by atoms with E-state index in [-0.39, 0.29) is 11.6 Å². The number of carbonyl (C=O) groups excluding carboxylic acids is 1. The monoisotopic (exact) mass is 141 g/mol. The number of rotatable bonds is 2. The van der Waals surface area contributed by atoms with E-state index in [2.05, 4.69) is 4.99 Å². The van der Waals surface area contributed by atoms with Crippen LogP contribution in [0, 0.1) is 0 Å². The largest absolute Gasteiger partial charge is 0.393 e. The topological polar surface area (TPSA) is 49.7 Å². The Morgan fingerprint density at radius 1 is 1.80 bits per heavy atom. The van der Waals surface area contributed by atoms with Crippen molar-refractivity contribution in [1.82, 2.24) is 0 Å². The minimum Gasteiger partial charge on any atom is -0.393 e. The first-order valence-electron chi connectivity index (χ1n) is 3.49. The van der Waals surface area contributed by atoms with E-state index in [1.807, 2.05) is 6.92 Å². The Morgan fingerprint density at radius 2 is 2.40 bits per heavy atom. The average Bonchev–Trinajstić information content (AvgIpc) is 1.84. The molecule has 1 aliphatic carbocycles. The SMILES string of the molecule is CCC1(N=C=O)CC(O)C1. The van der Waals surface area contributed by atoms with E-state index < -0.39 is 0 Å². The van der Waals surface area contributed by atoms with E-state index in [9.17, 15) is 4.79 Å². The lowest BCUT2D eigenvalue weighted by Gasteiger charge is -2.39. The van der Waals surface area contributed by atoms with Gasteiger partial charge in [-0.25, -0.2) is 4.79 Å². The number of nitrogens with zero attached hydrogens (tertiary/aromatic N) is 1. The maximum Gasteiger partial charge on any atom is 0.235 e. The van der Waals surface area contributed by atoms with Crippen LogP contribution in [0.4, 0.5) is 0 Å². The Morgan fingerprint density at radius 3 is 2.70 bits per heavy atom. The van der Waals surface area contributed by atoms with Gasteiger partial charge in [0.2, 0.25) is 6.08 Å². The van der Waals surface area contributed by atoms with Gasteiger partial charge < -0.3 is 5.11 Å². The molecule has 0 aromatic heterocycles. The van der Waals surface area contributed by atoms with E-state index in [0.717, 1.165) is 6.42 Å². The molecular weight excluding hydrogens is 130 g/mol. The van der Waals surface area contributed by atoms with Crippen molar-refractivity contribution < 1.29 is 9.90 Å². The van der Waals surface area contributed by atoms with Crippen molar-refractivity contribution in [3.05, 3.63) is 0 Å². The number of aliphatic hydroxyl groups excluding tert-OH is 1. The molecule has 0 spiro atoms. The van der Waals surface area contributed by atoms with E-state index in [1.54, 1.807) is 6.08 Å². The maximum absolute atomic E-state index is 9.91. The molecule has 0 aliphatic heterocycles. The molecule has 0 saturated heterocycles. The number of aliphatic imine (C=N–C) groups is 1. The standard InChI is InChI=1S/C7H11NO2/c1-2-7(8-5-9)3-6(10)4-7/h6,10H,2-4H2,1H3.